The van der Waals surface area contributed by atoms with E-state index in [9.17, 15) is 8.78 Å². The number of hydrogen-bond donors (Lipinski definition) is 2. The van der Waals surface area contributed by atoms with Gasteiger partial charge in [0.05, 0.1) is 13.7 Å². The number of ether oxygens (including phenoxy) is 2. The van der Waals surface area contributed by atoms with Crippen molar-refractivity contribution in [3.8, 4) is 11.6 Å². The first-order valence-corrected chi connectivity index (χ1v) is 8.16. The molecular formula is C18H22F2N4O2. The summed E-state index contributed by atoms with van der Waals surface area (Å²) in [6, 6.07) is 10.3. The van der Waals surface area contributed by atoms with Crippen LogP contribution in [0.1, 0.15) is 18.1 Å². The summed E-state index contributed by atoms with van der Waals surface area (Å²) >= 11 is 0. The van der Waals surface area contributed by atoms with E-state index in [-0.39, 0.29) is 5.75 Å². The van der Waals surface area contributed by atoms with Crippen molar-refractivity contribution in [2.45, 2.75) is 26.6 Å². The lowest BCUT2D eigenvalue weighted by Gasteiger charge is -2.14. The lowest BCUT2D eigenvalue weighted by Crippen LogP contribution is -2.36. The number of nitrogens with one attached hydrogen (secondary N) is 2. The highest BCUT2D eigenvalue weighted by molar-refractivity contribution is 5.79. The number of rotatable bonds is 8. The van der Waals surface area contributed by atoms with Gasteiger partial charge < -0.3 is 20.1 Å². The Morgan fingerprint density at radius 2 is 2.00 bits per heavy atom. The lowest BCUT2D eigenvalue weighted by atomic mass is 10.2. The molecule has 0 fully saturated rings. The number of aliphatic imine (C=N–C) groups is 1. The zero-order valence-corrected chi connectivity index (χ0v) is 14.7. The predicted octanol–water partition coefficient (Wildman–Crippen LogP) is 2.95. The van der Waals surface area contributed by atoms with Crippen molar-refractivity contribution < 1.29 is 18.3 Å². The molecule has 1 aromatic carbocycles. The van der Waals surface area contributed by atoms with E-state index in [2.05, 4.69) is 25.3 Å². The lowest BCUT2D eigenvalue weighted by molar-refractivity contribution is -0.0504. The Balaban J connectivity index is 2.01. The van der Waals surface area contributed by atoms with Gasteiger partial charge in [0, 0.05) is 30.9 Å². The van der Waals surface area contributed by atoms with Crippen molar-refractivity contribution in [1.82, 2.24) is 15.6 Å². The molecule has 6 nitrogen and oxygen atoms in total. The average molecular weight is 364 g/mol. The van der Waals surface area contributed by atoms with Gasteiger partial charge in [-0.2, -0.15) is 8.78 Å². The highest BCUT2D eigenvalue weighted by Gasteiger charge is 2.09. The molecule has 8 heteroatoms. The molecule has 1 heterocycles. The number of pyridine rings is 1. The molecule has 0 bridgehead atoms. The minimum atomic E-state index is -2.86. The highest BCUT2D eigenvalue weighted by Crippen LogP contribution is 2.19. The summed E-state index contributed by atoms with van der Waals surface area (Å²) in [5.74, 6) is 1.25. The molecule has 26 heavy (non-hydrogen) atoms. The number of para-hydroxylation sites is 1. The van der Waals surface area contributed by atoms with Crippen LogP contribution >= 0.6 is 0 Å². The van der Waals surface area contributed by atoms with Gasteiger partial charge in [-0.1, -0.05) is 24.3 Å². The van der Waals surface area contributed by atoms with Crippen LogP contribution in [0.2, 0.25) is 0 Å². The van der Waals surface area contributed by atoms with Crippen molar-refractivity contribution >= 4 is 5.96 Å². The van der Waals surface area contributed by atoms with E-state index in [1.54, 1.807) is 37.6 Å². The van der Waals surface area contributed by atoms with Gasteiger partial charge in [-0.3, -0.25) is 0 Å². The quantitative estimate of drug-likeness (QED) is 0.557. The number of alkyl halides is 2. The van der Waals surface area contributed by atoms with E-state index in [0.29, 0.717) is 37.0 Å². The number of methoxy groups -OCH3 is 1. The van der Waals surface area contributed by atoms with Gasteiger partial charge >= 0.3 is 6.61 Å². The summed E-state index contributed by atoms with van der Waals surface area (Å²) < 4.78 is 34.5. The fourth-order valence-corrected chi connectivity index (χ4v) is 2.18. The van der Waals surface area contributed by atoms with E-state index < -0.39 is 6.61 Å². The smallest absolute Gasteiger partial charge is 0.387 e. The molecule has 2 N–H and O–H groups in total. The topological polar surface area (TPSA) is 67.8 Å². The molecule has 140 valence electrons. The molecule has 0 saturated carbocycles. The van der Waals surface area contributed by atoms with Crippen molar-refractivity contribution in [2.75, 3.05) is 13.7 Å². The fourth-order valence-electron chi connectivity index (χ4n) is 2.18. The monoisotopic (exact) mass is 364 g/mol. The zero-order chi connectivity index (χ0) is 18.8. The average Bonchev–Trinajstić information content (AvgIpc) is 2.65. The standard InChI is InChI=1S/C18H22F2N4O2/c1-3-21-18(23-11-13-8-9-16(25-2)22-10-13)24-12-14-6-4-5-7-15(14)26-17(19)20/h4-10,17H,3,11-12H2,1-2H3,(H2,21,23,24). The highest BCUT2D eigenvalue weighted by atomic mass is 19.3. The van der Waals surface area contributed by atoms with Crippen LogP contribution in [0.4, 0.5) is 8.78 Å². The SMILES string of the molecule is CCNC(=NCc1ccc(OC)nc1)NCc1ccccc1OC(F)F. The Hall–Kier alpha value is -2.90. The number of halogens is 2. The Bertz CT molecular complexity index is 709. The van der Waals surface area contributed by atoms with E-state index in [4.69, 9.17) is 4.74 Å². The molecule has 1 aromatic heterocycles. The van der Waals surface area contributed by atoms with Gasteiger partial charge in [-0.05, 0) is 18.6 Å². The second-order valence-electron chi connectivity index (χ2n) is 5.24. The molecule has 2 rings (SSSR count). The summed E-state index contributed by atoms with van der Waals surface area (Å²) in [4.78, 5) is 8.60. The van der Waals surface area contributed by atoms with Gasteiger partial charge in [0.1, 0.15) is 5.75 Å². The van der Waals surface area contributed by atoms with E-state index in [1.165, 1.54) is 6.07 Å². The first-order chi connectivity index (χ1) is 12.6. The Morgan fingerprint density at radius 3 is 2.65 bits per heavy atom. The third kappa shape index (κ3) is 6.19. The van der Waals surface area contributed by atoms with E-state index >= 15 is 0 Å². The van der Waals surface area contributed by atoms with Crippen LogP contribution in [-0.2, 0) is 13.1 Å². The number of benzene rings is 1. The molecular weight excluding hydrogens is 342 g/mol. The first-order valence-electron chi connectivity index (χ1n) is 8.16. The summed E-state index contributed by atoms with van der Waals surface area (Å²) in [7, 11) is 1.56. The van der Waals surface area contributed by atoms with Gasteiger partial charge in [-0.15, -0.1) is 0 Å². The molecule has 0 amide bonds. The van der Waals surface area contributed by atoms with E-state index in [1.807, 2.05) is 13.0 Å². The third-order valence-electron chi connectivity index (χ3n) is 3.41. The first kappa shape index (κ1) is 19.4. The van der Waals surface area contributed by atoms with Gasteiger partial charge in [0.15, 0.2) is 5.96 Å². The van der Waals surface area contributed by atoms with Crippen molar-refractivity contribution in [3.05, 3.63) is 53.7 Å². The Labute approximate surface area is 151 Å². The molecule has 2 aromatic rings. The minimum Gasteiger partial charge on any atom is -0.481 e. The largest absolute Gasteiger partial charge is 0.481 e. The van der Waals surface area contributed by atoms with E-state index in [0.717, 1.165) is 5.56 Å². The van der Waals surface area contributed by atoms with Crippen molar-refractivity contribution in [2.24, 2.45) is 4.99 Å². The van der Waals surface area contributed by atoms with Crippen LogP contribution in [-0.4, -0.2) is 31.2 Å². The second-order valence-corrected chi connectivity index (χ2v) is 5.24. The van der Waals surface area contributed by atoms with Crippen LogP contribution < -0.4 is 20.1 Å². The van der Waals surface area contributed by atoms with Crippen LogP contribution in [0.25, 0.3) is 0 Å². The molecule has 0 saturated heterocycles. The maximum atomic E-state index is 12.5. The maximum absolute atomic E-state index is 12.5. The summed E-state index contributed by atoms with van der Waals surface area (Å²) in [5, 5.41) is 6.22. The van der Waals surface area contributed by atoms with Crippen LogP contribution in [0, 0.1) is 0 Å². The molecule has 0 unspecified atom stereocenters. The number of hydrogen-bond acceptors (Lipinski definition) is 4. The summed E-state index contributed by atoms with van der Waals surface area (Å²) in [6.45, 7) is 0.472. The molecule has 0 aliphatic carbocycles. The Kier molecular flexibility index (Phi) is 7.60. The number of aromatic nitrogens is 1. The minimum absolute atomic E-state index is 0.144. The molecule has 0 spiro atoms. The summed E-state index contributed by atoms with van der Waals surface area (Å²) in [6.07, 6.45) is 1.69. The van der Waals surface area contributed by atoms with Crippen LogP contribution in [0.3, 0.4) is 0 Å². The van der Waals surface area contributed by atoms with Gasteiger partial charge in [-0.25, -0.2) is 9.98 Å². The van der Waals surface area contributed by atoms with Crippen LogP contribution in [0.5, 0.6) is 11.6 Å². The maximum Gasteiger partial charge on any atom is 0.387 e. The molecule has 0 atom stereocenters. The van der Waals surface area contributed by atoms with Crippen molar-refractivity contribution in [3.63, 3.8) is 0 Å². The van der Waals surface area contributed by atoms with Gasteiger partial charge in [0.2, 0.25) is 5.88 Å². The number of guanidine groups is 1. The molecule has 0 aliphatic rings. The zero-order valence-electron chi connectivity index (χ0n) is 14.7. The Morgan fingerprint density at radius 1 is 1.19 bits per heavy atom. The fraction of sp³-hybridized carbons (Fsp3) is 0.333. The predicted molar refractivity (Wildman–Crippen MR) is 95.5 cm³/mol. The third-order valence-corrected chi connectivity index (χ3v) is 3.41. The second kappa shape index (κ2) is 10.2. The van der Waals surface area contributed by atoms with Gasteiger partial charge in [0.25, 0.3) is 0 Å². The molecule has 0 aliphatic heterocycles. The molecule has 0 radical (unpaired) electrons. The van der Waals surface area contributed by atoms with Crippen molar-refractivity contribution in [1.29, 1.82) is 0 Å². The van der Waals surface area contributed by atoms with Crippen LogP contribution in [0.15, 0.2) is 47.6 Å². The normalized spacial score (nSPS) is 11.3. The number of nitrogens with zero attached hydrogens (tertiary/aromatic N) is 2. The summed E-state index contributed by atoms with van der Waals surface area (Å²) in [5.41, 5.74) is 1.54.